The Bertz CT molecular complexity index is 881. The van der Waals surface area contributed by atoms with Crippen molar-refractivity contribution in [3.8, 4) is 0 Å². The second-order valence-corrected chi connectivity index (χ2v) is 6.72. The number of amides is 1. The molecule has 2 heterocycles. The van der Waals surface area contributed by atoms with Gasteiger partial charge in [0.15, 0.2) is 0 Å². The highest BCUT2D eigenvalue weighted by atomic mass is 32.1. The summed E-state index contributed by atoms with van der Waals surface area (Å²) in [6.45, 7) is 3.63. The molecule has 6 heteroatoms. The molecule has 0 spiro atoms. The van der Waals surface area contributed by atoms with Crippen LogP contribution in [-0.2, 0) is 11.3 Å². The number of rotatable bonds is 4. The van der Waals surface area contributed by atoms with Crippen LogP contribution in [0.5, 0.6) is 0 Å². The van der Waals surface area contributed by atoms with Crippen LogP contribution >= 0.6 is 11.5 Å². The van der Waals surface area contributed by atoms with E-state index < -0.39 is 0 Å². The predicted octanol–water partition coefficient (Wildman–Crippen LogP) is 3.04. The lowest BCUT2D eigenvalue weighted by Gasteiger charge is -2.38. The van der Waals surface area contributed by atoms with Crippen molar-refractivity contribution in [3.05, 3.63) is 58.6 Å². The van der Waals surface area contributed by atoms with E-state index in [0.717, 1.165) is 11.5 Å². The SMILES string of the molecule is Cc1nnsc1C(=O)N1CC(OCc2cccc3ccccc23)C1. The minimum Gasteiger partial charge on any atom is -0.370 e. The minimum atomic E-state index is 0.00695. The van der Waals surface area contributed by atoms with Crippen LogP contribution in [0.15, 0.2) is 42.5 Å². The van der Waals surface area contributed by atoms with Crippen molar-refractivity contribution in [1.29, 1.82) is 0 Å². The number of carbonyl (C=O) groups is 1. The fourth-order valence-electron chi connectivity index (χ4n) is 2.91. The van der Waals surface area contributed by atoms with E-state index in [4.69, 9.17) is 4.74 Å². The highest BCUT2D eigenvalue weighted by Crippen LogP contribution is 2.23. The maximum Gasteiger partial charge on any atom is 0.267 e. The molecule has 122 valence electrons. The van der Waals surface area contributed by atoms with E-state index in [0.29, 0.717) is 30.3 Å². The molecular formula is C18H17N3O2S. The van der Waals surface area contributed by atoms with Gasteiger partial charge in [-0.15, -0.1) is 5.10 Å². The zero-order valence-corrected chi connectivity index (χ0v) is 14.1. The smallest absolute Gasteiger partial charge is 0.267 e. The normalized spacial score (nSPS) is 14.8. The molecule has 1 aliphatic rings. The highest BCUT2D eigenvalue weighted by molar-refractivity contribution is 7.07. The quantitative estimate of drug-likeness (QED) is 0.733. The first-order chi connectivity index (χ1) is 11.7. The van der Waals surface area contributed by atoms with E-state index in [2.05, 4.69) is 39.9 Å². The van der Waals surface area contributed by atoms with E-state index in [1.54, 1.807) is 4.90 Å². The van der Waals surface area contributed by atoms with Gasteiger partial charge in [-0.05, 0) is 34.8 Å². The van der Waals surface area contributed by atoms with Gasteiger partial charge in [0.1, 0.15) is 4.88 Å². The number of likely N-dealkylation sites (tertiary alicyclic amines) is 1. The largest absolute Gasteiger partial charge is 0.370 e. The first-order valence-corrected chi connectivity index (χ1v) is 8.66. The fourth-order valence-corrected chi connectivity index (χ4v) is 3.53. The molecule has 1 saturated heterocycles. The molecule has 2 aromatic carbocycles. The van der Waals surface area contributed by atoms with Gasteiger partial charge < -0.3 is 9.64 Å². The van der Waals surface area contributed by atoms with Gasteiger partial charge in [0, 0.05) is 13.1 Å². The number of carbonyl (C=O) groups excluding carboxylic acids is 1. The molecule has 0 aliphatic carbocycles. The van der Waals surface area contributed by atoms with E-state index in [-0.39, 0.29) is 12.0 Å². The molecule has 1 aliphatic heterocycles. The lowest BCUT2D eigenvalue weighted by molar-refractivity contribution is -0.0498. The average Bonchev–Trinajstić information content (AvgIpc) is 2.99. The van der Waals surface area contributed by atoms with E-state index in [9.17, 15) is 4.79 Å². The molecule has 0 saturated carbocycles. The molecule has 0 radical (unpaired) electrons. The Labute approximate surface area is 144 Å². The summed E-state index contributed by atoms with van der Waals surface area (Å²) in [7, 11) is 0. The second kappa shape index (κ2) is 6.30. The van der Waals surface area contributed by atoms with Crippen molar-refractivity contribution < 1.29 is 9.53 Å². The lowest BCUT2D eigenvalue weighted by atomic mass is 10.1. The van der Waals surface area contributed by atoms with Gasteiger partial charge in [-0.3, -0.25) is 4.79 Å². The molecular weight excluding hydrogens is 322 g/mol. The van der Waals surface area contributed by atoms with Crippen molar-refractivity contribution in [2.75, 3.05) is 13.1 Å². The van der Waals surface area contributed by atoms with Gasteiger partial charge in [-0.2, -0.15) is 0 Å². The van der Waals surface area contributed by atoms with Crippen LogP contribution in [0.1, 0.15) is 20.9 Å². The van der Waals surface area contributed by atoms with Crippen molar-refractivity contribution in [1.82, 2.24) is 14.5 Å². The Morgan fingerprint density at radius 2 is 2.04 bits per heavy atom. The summed E-state index contributed by atoms with van der Waals surface area (Å²) in [6.07, 6.45) is 0.0918. The number of ether oxygens (including phenoxy) is 1. The van der Waals surface area contributed by atoms with Crippen LogP contribution in [-0.4, -0.2) is 39.6 Å². The minimum absolute atomic E-state index is 0.00695. The van der Waals surface area contributed by atoms with Gasteiger partial charge >= 0.3 is 0 Å². The maximum absolute atomic E-state index is 12.3. The third-order valence-corrected chi connectivity index (χ3v) is 5.15. The zero-order chi connectivity index (χ0) is 16.5. The summed E-state index contributed by atoms with van der Waals surface area (Å²) in [4.78, 5) is 14.7. The Kier molecular flexibility index (Phi) is 4.00. The molecule has 0 unspecified atom stereocenters. The highest BCUT2D eigenvalue weighted by Gasteiger charge is 2.33. The standard InChI is InChI=1S/C18H17N3O2S/c1-12-17(24-20-19-12)18(22)21-9-15(10-21)23-11-14-7-4-6-13-5-2-3-8-16(13)14/h2-8,15H,9-11H2,1H3. The molecule has 0 atom stereocenters. The van der Waals surface area contributed by atoms with Crippen LogP contribution in [0.25, 0.3) is 10.8 Å². The summed E-state index contributed by atoms with van der Waals surface area (Å²) < 4.78 is 9.80. The summed E-state index contributed by atoms with van der Waals surface area (Å²) in [6, 6.07) is 14.6. The van der Waals surface area contributed by atoms with Crippen LogP contribution in [0.2, 0.25) is 0 Å². The van der Waals surface area contributed by atoms with Gasteiger partial charge in [0.25, 0.3) is 5.91 Å². The number of aromatic nitrogens is 2. The monoisotopic (exact) mass is 339 g/mol. The Hall–Kier alpha value is -2.31. The number of hydrogen-bond acceptors (Lipinski definition) is 5. The number of nitrogens with zero attached hydrogens (tertiary/aromatic N) is 3. The van der Waals surface area contributed by atoms with Gasteiger partial charge in [-0.1, -0.05) is 47.0 Å². The Balaban J connectivity index is 1.35. The van der Waals surface area contributed by atoms with E-state index >= 15 is 0 Å². The molecule has 0 N–H and O–H groups in total. The number of fused-ring (bicyclic) bond motifs is 1. The zero-order valence-electron chi connectivity index (χ0n) is 13.3. The molecule has 1 aromatic heterocycles. The topological polar surface area (TPSA) is 55.3 Å². The van der Waals surface area contributed by atoms with E-state index in [1.165, 1.54) is 16.3 Å². The molecule has 4 rings (SSSR count). The first kappa shape index (κ1) is 15.2. The van der Waals surface area contributed by atoms with Crippen molar-refractivity contribution >= 4 is 28.2 Å². The molecule has 3 aromatic rings. The second-order valence-electron chi connectivity index (χ2n) is 5.97. The molecule has 0 bridgehead atoms. The van der Waals surface area contributed by atoms with Crippen molar-refractivity contribution in [2.45, 2.75) is 19.6 Å². The third kappa shape index (κ3) is 2.79. The Morgan fingerprint density at radius 1 is 1.25 bits per heavy atom. The predicted molar refractivity (Wildman–Crippen MR) is 93.1 cm³/mol. The van der Waals surface area contributed by atoms with Crippen molar-refractivity contribution in [2.24, 2.45) is 0 Å². The van der Waals surface area contributed by atoms with Crippen LogP contribution in [0.4, 0.5) is 0 Å². The first-order valence-electron chi connectivity index (χ1n) is 7.89. The van der Waals surface area contributed by atoms with Crippen molar-refractivity contribution in [3.63, 3.8) is 0 Å². The van der Waals surface area contributed by atoms with Crippen LogP contribution in [0.3, 0.4) is 0 Å². The molecule has 1 amide bonds. The summed E-state index contributed by atoms with van der Waals surface area (Å²) in [5.41, 5.74) is 1.88. The van der Waals surface area contributed by atoms with E-state index in [1.807, 2.05) is 19.1 Å². The van der Waals surface area contributed by atoms with Gasteiger partial charge in [0.2, 0.25) is 0 Å². The summed E-state index contributed by atoms with van der Waals surface area (Å²) >= 11 is 1.15. The molecule has 5 nitrogen and oxygen atoms in total. The molecule has 24 heavy (non-hydrogen) atoms. The molecule has 1 fully saturated rings. The number of hydrogen-bond donors (Lipinski definition) is 0. The number of benzene rings is 2. The Morgan fingerprint density at radius 3 is 2.83 bits per heavy atom. The maximum atomic E-state index is 12.3. The van der Waals surface area contributed by atoms with Gasteiger partial charge in [0.05, 0.1) is 18.4 Å². The third-order valence-electron chi connectivity index (χ3n) is 4.34. The number of aryl methyl sites for hydroxylation is 1. The summed E-state index contributed by atoms with van der Waals surface area (Å²) in [5, 5.41) is 6.33. The fraction of sp³-hybridized carbons (Fsp3) is 0.278. The van der Waals surface area contributed by atoms with Crippen LogP contribution in [0, 0.1) is 6.92 Å². The average molecular weight is 339 g/mol. The lowest BCUT2D eigenvalue weighted by Crippen LogP contribution is -2.54. The van der Waals surface area contributed by atoms with Gasteiger partial charge in [-0.25, -0.2) is 0 Å². The van der Waals surface area contributed by atoms with Crippen LogP contribution < -0.4 is 0 Å². The summed E-state index contributed by atoms with van der Waals surface area (Å²) in [5.74, 6) is 0.00695.